The number of rotatable bonds is 4. The highest BCUT2D eigenvalue weighted by Crippen LogP contribution is 2.26. The predicted octanol–water partition coefficient (Wildman–Crippen LogP) is 1.08. The maximum atomic E-state index is 12.8. The van der Waals surface area contributed by atoms with Gasteiger partial charge in [0.1, 0.15) is 5.82 Å². The standard InChI is InChI=1S/C18H25FN4O2/c19-16-3-1-13(2-4-16)9-21-18(25)22-12-17(24)23-7-5-14-10-20-11-15(14)6-8-23/h1-4,14-15,20H,5-12H2,(H2,21,22,25)/t14-,15+. The molecular weight excluding hydrogens is 323 g/mol. The fourth-order valence-electron chi connectivity index (χ4n) is 3.58. The maximum absolute atomic E-state index is 12.8. The van der Waals surface area contributed by atoms with Crippen molar-refractivity contribution in [2.45, 2.75) is 19.4 Å². The Hall–Kier alpha value is -2.15. The van der Waals surface area contributed by atoms with E-state index in [9.17, 15) is 14.0 Å². The summed E-state index contributed by atoms with van der Waals surface area (Å²) in [6.45, 7) is 3.93. The molecule has 0 saturated carbocycles. The lowest BCUT2D eigenvalue weighted by Crippen LogP contribution is -2.44. The number of amides is 3. The fourth-order valence-corrected chi connectivity index (χ4v) is 3.58. The van der Waals surface area contributed by atoms with E-state index < -0.39 is 6.03 Å². The first-order chi connectivity index (χ1) is 12.1. The molecule has 3 amide bonds. The molecule has 136 valence electrons. The summed E-state index contributed by atoms with van der Waals surface area (Å²) in [5.41, 5.74) is 0.801. The van der Waals surface area contributed by atoms with Crippen LogP contribution in [0.25, 0.3) is 0 Å². The molecule has 2 heterocycles. The summed E-state index contributed by atoms with van der Waals surface area (Å²) in [6.07, 6.45) is 2.06. The molecule has 6 nitrogen and oxygen atoms in total. The molecule has 2 aliphatic rings. The molecule has 0 spiro atoms. The zero-order valence-corrected chi connectivity index (χ0v) is 14.3. The van der Waals surface area contributed by atoms with E-state index in [0.29, 0.717) is 18.4 Å². The molecule has 3 N–H and O–H groups in total. The van der Waals surface area contributed by atoms with Crippen LogP contribution in [-0.2, 0) is 11.3 Å². The van der Waals surface area contributed by atoms with E-state index in [2.05, 4.69) is 16.0 Å². The number of carbonyl (C=O) groups is 2. The number of carbonyl (C=O) groups excluding carboxylic acids is 2. The van der Waals surface area contributed by atoms with Crippen molar-refractivity contribution in [2.24, 2.45) is 11.8 Å². The van der Waals surface area contributed by atoms with Gasteiger partial charge in [0, 0.05) is 19.6 Å². The Kier molecular flexibility index (Phi) is 5.86. The van der Waals surface area contributed by atoms with Gasteiger partial charge in [0.05, 0.1) is 6.54 Å². The van der Waals surface area contributed by atoms with Crippen LogP contribution < -0.4 is 16.0 Å². The SMILES string of the molecule is O=C(NCC(=O)N1CC[C@@H]2CNC[C@@H]2CC1)NCc1ccc(F)cc1. The average Bonchev–Trinajstić information content (AvgIpc) is 2.97. The van der Waals surface area contributed by atoms with Crippen molar-refractivity contribution in [3.05, 3.63) is 35.6 Å². The largest absolute Gasteiger partial charge is 0.341 e. The van der Waals surface area contributed by atoms with Crippen molar-refractivity contribution in [3.63, 3.8) is 0 Å². The summed E-state index contributed by atoms with van der Waals surface area (Å²) in [6, 6.07) is 5.53. The van der Waals surface area contributed by atoms with E-state index in [1.165, 1.54) is 12.1 Å². The second kappa shape index (κ2) is 8.29. The number of benzene rings is 1. The third kappa shape index (κ3) is 4.92. The van der Waals surface area contributed by atoms with E-state index in [4.69, 9.17) is 0 Å². The molecule has 0 aliphatic carbocycles. The Morgan fingerprint density at radius 3 is 2.36 bits per heavy atom. The van der Waals surface area contributed by atoms with Crippen molar-refractivity contribution >= 4 is 11.9 Å². The lowest BCUT2D eigenvalue weighted by Gasteiger charge is -2.21. The minimum atomic E-state index is -0.395. The number of urea groups is 1. The van der Waals surface area contributed by atoms with Crippen molar-refractivity contribution in [3.8, 4) is 0 Å². The number of nitrogens with one attached hydrogen (secondary N) is 3. The quantitative estimate of drug-likeness (QED) is 0.762. The monoisotopic (exact) mass is 348 g/mol. The van der Waals surface area contributed by atoms with Crippen molar-refractivity contribution < 1.29 is 14.0 Å². The third-order valence-corrected chi connectivity index (χ3v) is 5.14. The van der Waals surface area contributed by atoms with E-state index >= 15 is 0 Å². The lowest BCUT2D eigenvalue weighted by atomic mass is 9.92. The molecule has 0 aromatic heterocycles. The number of halogens is 1. The van der Waals surface area contributed by atoms with Crippen LogP contribution in [0.3, 0.4) is 0 Å². The molecule has 1 aromatic rings. The molecule has 0 bridgehead atoms. The van der Waals surface area contributed by atoms with E-state index in [1.54, 1.807) is 12.1 Å². The molecular formula is C18H25FN4O2. The Labute approximate surface area is 147 Å². The second-order valence-corrected chi connectivity index (χ2v) is 6.80. The first kappa shape index (κ1) is 17.7. The first-order valence-corrected chi connectivity index (χ1v) is 8.86. The number of hydrogen-bond acceptors (Lipinski definition) is 3. The van der Waals surface area contributed by atoms with Crippen LogP contribution in [0.2, 0.25) is 0 Å². The Morgan fingerprint density at radius 1 is 1.08 bits per heavy atom. The predicted molar refractivity (Wildman–Crippen MR) is 92.3 cm³/mol. The van der Waals surface area contributed by atoms with Crippen LogP contribution in [-0.4, -0.2) is 49.6 Å². The van der Waals surface area contributed by atoms with Gasteiger partial charge in [-0.05, 0) is 55.5 Å². The lowest BCUT2D eigenvalue weighted by molar-refractivity contribution is -0.130. The summed E-state index contributed by atoms with van der Waals surface area (Å²) in [7, 11) is 0. The van der Waals surface area contributed by atoms with Gasteiger partial charge in [-0.3, -0.25) is 4.79 Å². The molecule has 0 unspecified atom stereocenters. The van der Waals surface area contributed by atoms with Crippen LogP contribution in [0, 0.1) is 17.7 Å². The van der Waals surface area contributed by atoms with E-state index in [-0.39, 0.29) is 18.3 Å². The molecule has 7 heteroatoms. The Balaban J connectivity index is 1.38. The van der Waals surface area contributed by atoms with Crippen LogP contribution in [0.5, 0.6) is 0 Å². The van der Waals surface area contributed by atoms with Crippen molar-refractivity contribution in [2.75, 3.05) is 32.7 Å². The number of hydrogen-bond donors (Lipinski definition) is 3. The van der Waals surface area contributed by atoms with Crippen LogP contribution in [0.1, 0.15) is 18.4 Å². The molecule has 1 aromatic carbocycles. The van der Waals surface area contributed by atoms with Gasteiger partial charge in [0.15, 0.2) is 0 Å². The van der Waals surface area contributed by atoms with Gasteiger partial charge in [-0.1, -0.05) is 12.1 Å². The van der Waals surface area contributed by atoms with E-state index in [0.717, 1.165) is 44.6 Å². The highest BCUT2D eigenvalue weighted by molar-refractivity contribution is 5.84. The summed E-state index contributed by atoms with van der Waals surface area (Å²) >= 11 is 0. The van der Waals surface area contributed by atoms with Crippen LogP contribution >= 0.6 is 0 Å². The average molecular weight is 348 g/mol. The fraction of sp³-hybridized carbons (Fsp3) is 0.556. The van der Waals surface area contributed by atoms with Gasteiger partial charge >= 0.3 is 6.03 Å². The number of fused-ring (bicyclic) bond motifs is 1. The summed E-state index contributed by atoms with van der Waals surface area (Å²) in [5, 5.41) is 8.69. The molecule has 2 aliphatic heterocycles. The maximum Gasteiger partial charge on any atom is 0.315 e. The van der Waals surface area contributed by atoms with Crippen molar-refractivity contribution in [1.82, 2.24) is 20.9 Å². The smallest absolute Gasteiger partial charge is 0.315 e. The van der Waals surface area contributed by atoms with Crippen LogP contribution in [0.15, 0.2) is 24.3 Å². The van der Waals surface area contributed by atoms with Gasteiger partial charge < -0.3 is 20.9 Å². The second-order valence-electron chi connectivity index (χ2n) is 6.80. The molecule has 25 heavy (non-hydrogen) atoms. The number of nitrogens with zero attached hydrogens (tertiary/aromatic N) is 1. The van der Waals surface area contributed by atoms with Crippen molar-refractivity contribution in [1.29, 1.82) is 0 Å². The van der Waals surface area contributed by atoms with E-state index in [1.807, 2.05) is 4.90 Å². The molecule has 2 atom stereocenters. The zero-order chi connectivity index (χ0) is 17.6. The summed E-state index contributed by atoms with van der Waals surface area (Å²) in [5.74, 6) is 0.996. The molecule has 2 saturated heterocycles. The first-order valence-electron chi connectivity index (χ1n) is 8.86. The zero-order valence-electron chi connectivity index (χ0n) is 14.3. The minimum absolute atomic E-state index is 0.00281. The van der Waals surface area contributed by atoms with Gasteiger partial charge in [-0.15, -0.1) is 0 Å². The highest BCUT2D eigenvalue weighted by Gasteiger charge is 2.31. The molecule has 0 radical (unpaired) electrons. The van der Waals surface area contributed by atoms with Gasteiger partial charge in [0.25, 0.3) is 0 Å². The van der Waals surface area contributed by atoms with Gasteiger partial charge in [-0.2, -0.15) is 0 Å². The normalized spacial score (nSPS) is 22.8. The summed E-state index contributed by atoms with van der Waals surface area (Å²) in [4.78, 5) is 26.0. The van der Waals surface area contributed by atoms with Gasteiger partial charge in [0.2, 0.25) is 5.91 Å². The third-order valence-electron chi connectivity index (χ3n) is 5.14. The van der Waals surface area contributed by atoms with Gasteiger partial charge in [-0.25, -0.2) is 9.18 Å². The molecule has 3 rings (SSSR count). The Morgan fingerprint density at radius 2 is 1.72 bits per heavy atom. The topological polar surface area (TPSA) is 73.5 Å². The number of likely N-dealkylation sites (tertiary alicyclic amines) is 1. The summed E-state index contributed by atoms with van der Waals surface area (Å²) < 4.78 is 12.8. The minimum Gasteiger partial charge on any atom is -0.341 e. The molecule has 2 fully saturated rings. The van der Waals surface area contributed by atoms with Crippen LogP contribution in [0.4, 0.5) is 9.18 Å². The highest BCUT2D eigenvalue weighted by atomic mass is 19.1. The Bertz CT molecular complexity index is 594.